The van der Waals surface area contributed by atoms with E-state index in [1.165, 1.54) is 11.3 Å². The zero-order valence-electron chi connectivity index (χ0n) is 10.1. The van der Waals surface area contributed by atoms with Crippen LogP contribution in [0.25, 0.3) is 0 Å². The van der Waals surface area contributed by atoms with Crippen molar-refractivity contribution in [2.24, 2.45) is 0 Å². The lowest BCUT2D eigenvalue weighted by Crippen LogP contribution is -2.54. The molecule has 0 bridgehead atoms. The fourth-order valence-electron chi connectivity index (χ4n) is 2.89. The van der Waals surface area contributed by atoms with Crippen molar-refractivity contribution in [3.63, 3.8) is 0 Å². The van der Waals surface area contributed by atoms with Crippen molar-refractivity contribution in [3.8, 4) is 0 Å². The number of rotatable bonds is 2. The molecule has 3 rings (SSSR count). The van der Waals surface area contributed by atoms with Crippen molar-refractivity contribution in [2.45, 2.75) is 42.0 Å². The maximum absolute atomic E-state index is 12.6. The van der Waals surface area contributed by atoms with Crippen LogP contribution in [-0.2, 0) is 14.8 Å². The van der Waals surface area contributed by atoms with E-state index in [2.05, 4.69) is 0 Å². The highest BCUT2D eigenvalue weighted by Gasteiger charge is 2.41. The Hall–Kier alpha value is -0.430. The summed E-state index contributed by atoms with van der Waals surface area (Å²) >= 11 is 1.29. The Morgan fingerprint density at radius 1 is 1.33 bits per heavy atom. The minimum atomic E-state index is -3.32. The van der Waals surface area contributed by atoms with Crippen molar-refractivity contribution in [1.29, 1.82) is 0 Å². The Morgan fingerprint density at radius 3 is 2.94 bits per heavy atom. The summed E-state index contributed by atoms with van der Waals surface area (Å²) in [6.07, 6.45) is 4.26. The van der Waals surface area contributed by atoms with Crippen molar-refractivity contribution in [2.75, 3.05) is 13.2 Å². The molecule has 1 aliphatic carbocycles. The van der Waals surface area contributed by atoms with Crippen LogP contribution in [-0.4, -0.2) is 38.0 Å². The molecular formula is C12H17NO3S2. The summed E-state index contributed by atoms with van der Waals surface area (Å²) in [5.41, 5.74) is 0. The number of hydrogen-bond acceptors (Lipinski definition) is 4. The molecule has 1 aromatic rings. The fraction of sp³-hybridized carbons (Fsp3) is 0.667. The third kappa shape index (κ3) is 2.11. The molecule has 4 nitrogen and oxygen atoms in total. The van der Waals surface area contributed by atoms with Crippen LogP contribution in [0.1, 0.15) is 25.7 Å². The van der Waals surface area contributed by atoms with E-state index in [4.69, 9.17) is 4.74 Å². The summed E-state index contributed by atoms with van der Waals surface area (Å²) < 4.78 is 33.0. The molecular weight excluding hydrogens is 270 g/mol. The first kappa shape index (κ1) is 12.6. The molecule has 1 aromatic heterocycles. The van der Waals surface area contributed by atoms with Gasteiger partial charge in [-0.3, -0.25) is 0 Å². The van der Waals surface area contributed by atoms with Gasteiger partial charge in [0.2, 0.25) is 0 Å². The van der Waals surface area contributed by atoms with Crippen molar-refractivity contribution < 1.29 is 13.2 Å². The Morgan fingerprint density at radius 2 is 2.17 bits per heavy atom. The average Bonchev–Trinajstić information content (AvgIpc) is 2.92. The fourth-order valence-corrected chi connectivity index (χ4v) is 5.67. The van der Waals surface area contributed by atoms with Gasteiger partial charge in [-0.2, -0.15) is 4.31 Å². The summed E-state index contributed by atoms with van der Waals surface area (Å²) in [7, 11) is -3.32. The number of sulfonamides is 1. The van der Waals surface area contributed by atoms with Gasteiger partial charge in [-0.1, -0.05) is 18.9 Å². The zero-order valence-corrected chi connectivity index (χ0v) is 11.8. The van der Waals surface area contributed by atoms with Gasteiger partial charge in [-0.25, -0.2) is 8.42 Å². The predicted octanol–water partition coefficient (Wildman–Crippen LogP) is 2.08. The number of fused-ring (bicyclic) bond motifs is 1. The minimum Gasteiger partial charge on any atom is -0.375 e. The number of ether oxygens (including phenoxy) is 1. The molecule has 0 radical (unpaired) electrons. The maximum Gasteiger partial charge on any atom is 0.252 e. The van der Waals surface area contributed by atoms with Gasteiger partial charge < -0.3 is 4.74 Å². The van der Waals surface area contributed by atoms with Crippen LogP contribution in [0.5, 0.6) is 0 Å². The zero-order chi connectivity index (χ0) is 12.6. The lowest BCUT2D eigenvalue weighted by Gasteiger charge is -2.42. The second kappa shape index (κ2) is 4.92. The molecule has 1 aliphatic heterocycles. The Balaban J connectivity index is 1.90. The van der Waals surface area contributed by atoms with Crippen LogP contribution in [0.2, 0.25) is 0 Å². The first-order valence-electron chi connectivity index (χ1n) is 6.36. The third-order valence-corrected chi connectivity index (χ3v) is 7.04. The monoisotopic (exact) mass is 287 g/mol. The van der Waals surface area contributed by atoms with Crippen LogP contribution in [0.4, 0.5) is 0 Å². The van der Waals surface area contributed by atoms with Gasteiger partial charge in [-0.15, -0.1) is 11.3 Å². The van der Waals surface area contributed by atoms with E-state index in [-0.39, 0.29) is 12.1 Å². The maximum atomic E-state index is 12.6. The van der Waals surface area contributed by atoms with Gasteiger partial charge in [0, 0.05) is 6.54 Å². The highest BCUT2D eigenvalue weighted by Crippen LogP contribution is 2.33. The smallest absolute Gasteiger partial charge is 0.252 e. The normalized spacial score (nSPS) is 30.0. The van der Waals surface area contributed by atoms with E-state index in [9.17, 15) is 8.42 Å². The molecule has 2 fully saturated rings. The molecule has 2 aliphatic rings. The van der Waals surface area contributed by atoms with Gasteiger partial charge in [0.25, 0.3) is 10.0 Å². The van der Waals surface area contributed by atoms with Gasteiger partial charge in [0.15, 0.2) is 0 Å². The molecule has 0 N–H and O–H groups in total. The van der Waals surface area contributed by atoms with Crippen molar-refractivity contribution in [3.05, 3.63) is 17.5 Å². The van der Waals surface area contributed by atoms with Crippen LogP contribution >= 0.6 is 11.3 Å². The summed E-state index contributed by atoms with van der Waals surface area (Å²) in [6.45, 7) is 1.01. The summed E-state index contributed by atoms with van der Waals surface area (Å²) in [6, 6.07) is 3.52. The molecule has 1 saturated carbocycles. The molecule has 0 amide bonds. The highest BCUT2D eigenvalue weighted by molar-refractivity contribution is 7.91. The standard InChI is InChI=1S/C12H17NO3S2/c14-18(15,12-6-3-9-17-12)13-7-8-16-11-5-2-1-4-10(11)13/h3,6,9-11H,1-2,4-5,7-8H2/t10-,11+/m1/s1. The van der Waals surface area contributed by atoms with Crippen LogP contribution in [0.15, 0.2) is 21.7 Å². The van der Waals surface area contributed by atoms with E-state index >= 15 is 0 Å². The van der Waals surface area contributed by atoms with Crippen LogP contribution in [0, 0.1) is 0 Å². The van der Waals surface area contributed by atoms with Gasteiger partial charge in [-0.05, 0) is 24.3 Å². The van der Waals surface area contributed by atoms with E-state index in [1.807, 2.05) is 5.38 Å². The number of morpholine rings is 1. The number of thiophene rings is 1. The molecule has 6 heteroatoms. The average molecular weight is 287 g/mol. The molecule has 0 spiro atoms. The first-order chi connectivity index (χ1) is 8.69. The molecule has 0 unspecified atom stereocenters. The molecule has 1 saturated heterocycles. The van der Waals surface area contributed by atoms with Crippen LogP contribution < -0.4 is 0 Å². The first-order valence-corrected chi connectivity index (χ1v) is 8.68. The minimum absolute atomic E-state index is 0.0413. The van der Waals surface area contributed by atoms with Gasteiger partial charge in [0.05, 0.1) is 18.8 Å². The number of nitrogens with zero attached hydrogens (tertiary/aromatic N) is 1. The Kier molecular flexibility index (Phi) is 3.44. The second-order valence-electron chi connectivity index (χ2n) is 4.81. The van der Waals surface area contributed by atoms with Gasteiger partial charge >= 0.3 is 0 Å². The van der Waals surface area contributed by atoms with E-state index < -0.39 is 10.0 Å². The second-order valence-corrected chi connectivity index (χ2v) is 7.87. The summed E-state index contributed by atoms with van der Waals surface area (Å²) in [5.74, 6) is 0. The molecule has 0 aromatic carbocycles. The van der Waals surface area contributed by atoms with E-state index in [0.29, 0.717) is 17.4 Å². The molecule has 2 atom stereocenters. The van der Waals surface area contributed by atoms with E-state index in [0.717, 1.165) is 25.7 Å². The number of hydrogen-bond donors (Lipinski definition) is 0. The Bertz CT molecular complexity index is 495. The SMILES string of the molecule is O=S(=O)(c1cccs1)N1CCO[C@H]2CCCC[C@H]21. The Labute approximate surface area is 112 Å². The molecule has 100 valence electrons. The topological polar surface area (TPSA) is 46.6 Å². The quantitative estimate of drug-likeness (QED) is 0.836. The van der Waals surface area contributed by atoms with Crippen molar-refractivity contribution >= 4 is 21.4 Å². The van der Waals surface area contributed by atoms with E-state index in [1.54, 1.807) is 16.4 Å². The highest BCUT2D eigenvalue weighted by atomic mass is 32.2. The summed E-state index contributed by atoms with van der Waals surface area (Å²) in [4.78, 5) is 0. The molecule has 2 heterocycles. The third-order valence-electron chi connectivity index (χ3n) is 3.74. The predicted molar refractivity (Wildman–Crippen MR) is 70.2 cm³/mol. The lowest BCUT2D eigenvalue weighted by atomic mass is 9.91. The van der Waals surface area contributed by atoms with Crippen molar-refractivity contribution in [1.82, 2.24) is 4.31 Å². The van der Waals surface area contributed by atoms with Gasteiger partial charge in [0.1, 0.15) is 4.21 Å². The largest absolute Gasteiger partial charge is 0.375 e. The lowest BCUT2D eigenvalue weighted by molar-refractivity contribution is -0.0585. The summed E-state index contributed by atoms with van der Waals surface area (Å²) in [5, 5.41) is 1.81. The molecule has 18 heavy (non-hydrogen) atoms. The van der Waals surface area contributed by atoms with Crippen LogP contribution in [0.3, 0.4) is 0 Å².